The first-order valence-corrected chi connectivity index (χ1v) is 10.5. The number of rotatable bonds is 4. The molecule has 0 saturated heterocycles. The predicted molar refractivity (Wildman–Crippen MR) is 112 cm³/mol. The van der Waals surface area contributed by atoms with Crippen molar-refractivity contribution in [3.63, 3.8) is 0 Å². The quantitative estimate of drug-likeness (QED) is 0.719. The minimum Gasteiger partial charge on any atom is -0.338 e. The molecule has 2 amide bonds. The molecule has 1 heterocycles. The van der Waals surface area contributed by atoms with Crippen molar-refractivity contribution in [3.8, 4) is 0 Å². The molecule has 1 fully saturated rings. The van der Waals surface area contributed by atoms with Gasteiger partial charge in [-0.1, -0.05) is 30.7 Å². The van der Waals surface area contributed by atoms with E-state index < -0.39 is 0 Å². The lowest BCUT2D eigenvalue weighted by Crippen LogP contribution is -2.39. The number of amides is 2. The van der Waals surface area contributed by atoms with Gasteiger partial charge in [0.2, 0.25) is 0 Å². The zero-order valence-electron chi connectivity index (χ0n) is 15.9. The molecule has 144 valence electrons. The van der Waals surface area contributed by atoms with E-state index >= 15 is 0 Å². The monoisotopic (exact) mass is 404 g/mol. The SMILES string of the molecule is Cc1cc(NC(=O)c2ccccc2Cl)sc1C(=O)N(C)C1CCC(C)CC1. The smallest absolute Gasteiger partial charge is 0.264 e. The summed E-state index contributed by atoms with van der Waals surface area (Å²) in [7, 11) is 1.89. The lowest BCUT2D eigenvalue weighted by atomic mass is 9.86. The van der Waals surface area contributed by atoms with Crippen molar-refractivity contribution in [1.29, 1.82) is 0 Å². The molecule has 1 aliphatic carbocycles. The van der Waals surface area contributed by atoms with Crippen LogP contribution in [0.25, 0.3) is 0 Å². The molecule has 0 spiro atoms. The van der Waals surface area contributed by atoms with Crippen molar-refractivity contribution < 1.29 is 9.59 Å². The number of thiophene rings is 1. The number of aryl methyl sites for hydroxylation is 1. The Morgan fingerprint density at radius 1 is 1.19 bits per heavy atom. The molecule has 4 nitrogen and oxygen atoms in total. The zero-order valence-corrected chi connectivity index (χ0v) is 17.5. The molecule has 0 aliphatic heterocycles. The number of carbonyl (C=O) groups is 2. The van der Waals surface area contributed by atoms with Crippen LogP contribution in [0.15, 0.2) is 30.3 Å². The van der Waals surface area contributed by atoms with E-state index in [9.17, 15) is 9.59 Å². The fourth-order valence-corrected chi connectivity index (χ4v) is 4.81. The van der Waals surface area contributed by atoms with Crippen LogP contribution >= 0.6 is 22.9 Å². The molecule has 2 aromatic rings. The standard InChI is InChI=1S/C21H25ClN2O2S/c1-13-8-10-15(11-9-13)24(3)21(26)19-14(2)12-18(27-19)23-20(25)16-6-4-5-7-17(16)22/h4-7,12-13,15H,8-11H2,1-3H3,(H,23,25). The number of hydrogen-bond donors (Lipinski definition) is 1. The summed E-state index contributed by atoms with van der Waals surface area (Å²) >= 11 is 7.41. The van der Waals surface area contributed by atoms with Gasteiger partial charge in [0.25, 0.3) is 11.8 Å². The zero-order chi connectivity index (χ0) is 19.6. The summed E-state index contributed by atoms with van der Waals surface area (Å²) in [6, 6.07) is 9.08. The minimum absolute atomic E-state index is 0.0373. The Morgan fingerprint density at radius 3 is 2.52 bits per heavy atom. The highest BCUT2D eigenvalue weighted by atomic mass is 35.5. The molecule has 0 bridgehead atoms. The first-order valence-electron chi connectivity index (χ1n) is 9.30. The molecular weight excluding hydrogens is 380 g/mol. The van der Waals surface area contributed by atoms with Crippen molar-refractivity contribution >= 4 is 39.8 Å². The van der Waals surface area contributed by atoms with Crippen LogP contribution in [0.1, 0.15) is 58.2 Å². The average Bonchev–Trinajstić information content (AvgIpc) is 3.01. The van der Waals surface area contributed by atoms with E-state index in [1.807, 2.05) is 24.9 Å². The molecule has 1 aromatic heterocycles. The molecular formula is C21H25ClN2O2S. The second-order valence-electron chi connectivity index (χ2n) is 7.39. The van der Waals surface area contributed by atoms with Gasteiger partial charge in [0.15, 0.2) is 0 Å². The van der Waals surface area contributed by atoms with Crippen molar-refractivity contribution in [2.75, 3.05) is 12.4 Å². The number of carbonyl (C=O) groups excluding carboxylic acids is 2. The van der Waals surface area contributed by atoms with E-state index in [-0.39, 0.29) is 11.8 Å². The summed E-state index contributed by atoms with van der Waals surface area (Å²) in [5.74, 6) is 0.519. The van der Waals surface area contributed by atoms with E-state index in [0.717, 1.165) is 24.3 Å². The lowest BCUT2D eigenvalue weighted by molar-refractivity contribution is 0.0683. The molecule has 0 atom stereocenters. The summed E-state index contributed by atoms with van der Waals surface area (Å²) in [5.41, 5.74) is 1.31. The van der Waals surface area contributed by atoms with Crippen LogP contribution in [-0.2, 0) is 0 Å². The van der Waals surface area contributed by atoms with Crippen LogP contribution in [-0.4, -0.2) is 29.8 Å². The fourth-order valence-electron chi connectivity index (χ4n) is 3.54. The van der Waals surface area contributed by atoms with Crippen molar-refractivity contribution in [2.24, 2.45) is 5.92 Å². The summed E-state index contributed by atoms with van der Waals surface area (Å²) in [6.07, 6.45) is 4.46. The summed E-state index contributed by atoms with van der Waals surface area (Å²) in [5, 5.41) is 3.93. The summed E-state index contributed by atoms with van der Waals surface area (Å²) in [6.45, 7) is 4.18. The second-order valence-corrected chi connectivity index (χ2v) is 8.85. The van der Waals surface area contributed by atoms with E-state index in [0.29, 0.717) is 26.5 Å². The van der Waals surface area contributed by atoms with Gasteiger partial charge < -0.3 is 10.2 Å². The lowest BCUT2D eigenvalue weighted by Gasteiger charge is -2.33. The predicted octanol–water partition coefficient (Wildman–Crippen LogP) is 5.61. The van der Waals surface area contributed by atoms with Crippen molar-refractivity contribution in [1.82, 2.24) is 4.90 Å². The highest BCUT2D eigenvalue weighted by molar-refractivity contribution is 7.18. The Bertz CT molecular complexity index is 840. The molecule has 0 unspecified atom stereocenters. The molecule has 6 heteroatoms. The summed E-state index contributed by atoms with van der Waals surface area (Å²) < 4.78 is 0. The molecule has 1 N–H and O–H groups in total. The van der Waals surface area contributed by atoms with Gasteiger partial charge >= 0.3 is 0 Å². The average molecular weight is 405 g/mol. The van der Waals surface area contributed by atoms with E-state index in [2.05, 4.69) is 12.2 Å². The second kappa shape index (κ2) is 8.44. The largest absolute Gasteiger partial charge is 0.338 e. The number of anilines is 1. The van der Waals surface area contributed by atoms with Crippen molar-refractivity contribution in [2.45, 2.75) is 45.6 Å². The molecule has 27 heavy (non-hydrogen) atoms. The van der Waals surface area contributed by atoms with E-state index in [4.69, 9.17) is 11.6 Å². The third kappa shape index (κ3) is 4.53. The van der Waals surface area contributed by atoms with Crippen LogP contribution in [0.4, 0.5) is 5.00 Å². The van der Waals surface area contributed by atoms with Gasteiger partial charge in [-0.25, -0.2) is 0 Å². The summed E-state index contributed by atoms with van der Waals surface area (Å²) in [4.78, 5) is 28.0. The minimum atomic E-state index is -0.268. The molecule has 3 rings (SSSR count). The molecule has 1 aliphatic rings. The first-order chi connectivity index (χ1) is 12.9. The van der Waals surface area contributed by atoms with Crippen LogP contribution in [0.2, 0.25) is 5.02 Å². The number of hydrogen-bond acceptors (Lipinski definition) is 3. The Kier molecular flexibility index (Phi) is 6.22. The Hall–Kier alpha value is -1.85. The van der Waals surface area contributed by atoms with Gasteiger partial charge in [0, 0.05) is 13.1 Å². The van der Waals surface area contributed by atoms with E-state index in [1.165, 1.54) is 24.2 Å². The number of benzene rings is 1. The van der Waals surface area contributed by atoms with Gasteiger partial charge in [-0.15, -0.1) is 11.3 Å². The highest BCUT2D eigenvalue weighted by Crippen LogP contribution is 2.32. The maximum Gasteiger partial charge on any atom is 0.264 e. The van der Waals surface area contributed by atoms with Gasteiger partial charge in [-0.2, -0.15) is 0 Å². The molecule has 0 radical (unpaired) electrons. The highest BCUT2D eigenvalue weighted by Gasteiger charge is 2.27. The number of halogens is 1. The van der Waals surface area contributed by atoms with Crippen LogP contribution < -0.4 is 5.32 Å². The fraction of sp³-hybridized carbons (Fsp3) is 0.429. The topological polar surface area (TPSA) is 49.4 Å². The van der Waals surface area contributed by atoms with Crippen LogP contribution in [0, 0.1) is 12.8 Å². The molecule has 1 aromatic carbocycles. The van der Waals surface area contributed by atoms with Crippen LogP contribution in [0.5, 0.6) is 0 Å². The Labute approximate surface area is 169 Å². The first kappa shape index (κ1) is 19.9. The number of nitrogens with zero attached hydrogens (tertiary/aromatic N) is 1. The Balaban J connectivity index is 1.71. The third-order valence-corrected chi connectivity index (χ3v) is 6.79. The third-order valence-electron chi connectivity index (χ3n) is 5.32. The molecule has 1 saturated carbocycles. The number of nitrogens with one attached hydrogen (secondary N) is 1. The van der Waals surface area contributed by atoms with Gasteiger partial charge in [-0.05, 0) is 62.3 Å². The van der Waals surface area contributed by atoms with E-state index in [1.54, 1.807) is 24.3 Å². The van der Waals surface area contributed by atoms with Gasteiger partial charge in [-0.3, -0.25) is 9.59 Å². The normalized spacial score (nSPS) is 19.6. The van der Waals surface area contributed by atoms with Crippen molar-refractivity contribution in [3.05, 3.63) is 51.4 Å². The van der Waals surface area contributed by atoms with Gasteiger partial charge in [0.05, 0.1) is 20.5 Å². The Morgan fingerprint density at radius 2 is 1.85 bits per heavy atom. The van der Waals surface area contributed by atoms with Crippen LogP contribution in [0.3, 0.4) is 0 Å². The van der Waals surface area contributed by atoms with Gasteiger partial charge in [0.1, 0.15) is 0 Å². The maximum atomic E-state index is 13.0. The maximum absolute atomic E-state index is 13.0.